The number of hydrogen-bond acceptors (Lipinski definition) is 6. The highest BCUT2D eigenvalue weighted by Crippen LogP contribution is 2.32. The lowest BCUT2D eigenvalue weighted by Crippen LogP contribution is -2.30. The first-order valence-corrected chi connectivity index (χ1v) is 7.33. The number of nitriles is 1. The largest absolute Gasteiger partial charge is 0.370 e. The summed E-state index contributed by atoms with van der Waals surface area (Å²) in [6.45, 7) is 1.47. The summed E-state index contributed by atoms with van der Waals surface area (Å²) in [6, 6.07) is 1.99. The SMILES string of the molecule is Cn1ccnc1[C@@H]1OCCC[C@H]1CNc1cncc(C#N)n1. The van der Waals surface area contributed by atoms with Crippen LogP contribution in [0.3, 0.4) is 0 Å². The molecule has 2 aromatic heterocycles. The lowest BCUT2D eigenvalue weighted by Gasteiger charge is -2.31. The molecule has 0 aromatic carbocycles. The third kappa shape index (κ3) is 3.07. The van der Waals surface area contributed by atoms with Gasteiger partial charge in [0, 0.05) is 38.5 Å². The molecule has 22 heavy (non-hydrogen) atoms. The van der Waals surface area contributed by atoms with Crippen molar-refractivity contribution in [2.24, 2.45) is 13.0 Å². The molecule has 0 amide bonds. The summed E-state index contributed by atoms with van der Waals surface area (Å²) in [6.07, 6.45) is 8.88. The molecule has 1 saturated heterocycles. The number of imidazole rings is 1. The Morgan fingerprint density at radius 3 is 3.18 bits per heavy atom. The third-order valence-electron chi connectivity index (χ3n) is 3.85. The summed E-state index contributed by atoms with van der Waals surface area (Å²) in [4.78, 5) is 12.6. The zero-order chi connectivity index (χ0) is 15.4. The van der Waals surface area contributed by atoms with Crippen LogP contribution >= 0.6 is 0 Å². The number of nitrogens with zero attached hydrogens (tertiary/aromatic N) is 5. The smallest absolute Gasteiger partial charge is 0.161 e. The Morgan fingerprint density at radius 2 is 2.41 bits per heavy atom. The highest BCUT2D eigenvalue weighted by Gasteiger charge is 2.30. The lowest BCUT2D eigenvalue weighted by molar-refractivity contribution is -0.0305. The molecule has 1 aliphatic heterocycles. The molecule has 2 atom stereocenters. The Bertz CT molecular complexity index is 677. The second kappa shape index (κ2) is 6.54. The van der Waals surface area contributed by atoms with E-state index in [1.807, 2.05) is 23.9 Å². The zero-order valence-electron chi connectivity index (χ0n) is 12.4. The average molecular weight is 298 g/mol. The minimum absolute atomic E-state index is 0.0200. The van der Waals surface area contributed by atoms with Gasteiger partial charge in [-0.1, -0.05) is 0 Å². The fourth-order valence-corrected chi connectivity index (χ4v) is 2.73. The normalized spacial score (nSPS) is 21.3. The molecule has 0 bridgehead atoms. The standard InChI is InChI=1S/C15H18N6O/c1-21-5-4-18-15(21)14-11(3-2-6-22-14)8-19-13-10-17-9-12(7-16)20-13/h4-5,9-11,14H,2-3,6,8H2,1H3,(H,19,20)/t11-,14+/m0/s1. The van der Waals surface area contributed by atoms with Crippen molar-refractivity contribution in [1.29, 1.82) is 5.26 Å². The molecule has 3 rings (SSSR count). The molecule has 0 spiro atoms. The van der Waals surface area contributed by atoms with Crippen molar-refractivity contribution in [3.63, 3.8) is 0 Å². The summed E-state index contributed by atoms with van der Waals surface area (Å²) in [5.41, 5.74) is 0.311. The maximum atomic E-state index is 8.87. The predicted octanol–water partition coefficient (Wildman–Crippen LogP) is 1.66. The summed E-state index contributed by atoms with van der Waals surface area (Å²) in [7, 11) is 1.98. The van der Waals surface area contributed by atoms with Crippen molar-refractivity contribution in [2.75, 3.05) is 18.5 Å². The predicted molar refractivity (Wildman–Crippen MR) is 79.9 cm³/mol. The minimum atomic E-state index is -0.0200. The topological polar surface area (TPSA) is 88.6 Å². The Hall–Kier alpha value is -2.46. The van der Waals surface area contributed by atoms with Gasteiger partial charge in [-0.2, -0.15) is 5.26 Å². The molecule has 7 nitrogen and oxygen atoms in total. The maximum absolute atomic E-state index is 8.87. The van der Waals surface area contributed by atoms with E-state index in [2.05, 4.69) is 20.3 Å². The fraction of sp³-hybridized carbons (Fsp3) is 0.467. The molecular weight excluding hydrogens is 280 g/mol. The van der Waals surface area contributed by atoms with E-state index in [1.165, 1.54) is 6.20 Å². The second-order valence-electron chi connectivity index (χ2n) is 5.37. The van der Waals surface area contributed by atoms with Crippen LogP contribution in [-0.2, 0) is 11.8 Å². The first-order valence-electron chi connectivity index (χ1n) is 7.33. The van der Waals surface area contributed by atoms with Gasteiger partial charge in [-0.15, -0.1) is 0 Å². The Kier molecular flexibility index (Phi) is 4.30. The molecule has 0 saturated carbocycles. The van der Waals surface area contributed by atoms with Crippen LogP contribution in [-0.4, -0.2) is 32.7 Å². The van der Waals surface area contributed by atoms with Gasteiger partial charge in [0.25, 0.3) is 0 Å². The minimum Gasteiger partial charge on any atom is -0.370 e. The van der Waals surface area contributed by atoms with Crippen LogP contribution in [0.15, 0.2) is 24.8 Å². The van der Waals surface area contributed by atoms with Crippen LogP contribution in [0.1, 0.15) is 30.5 Å². The molecular formula is C15H18N6O. The van der Waals surface area contributed by atoms with Gasteiger partial charge >= 0.3 is 0 Å². The van der Waals surface area contributed by atoms with Gasteiger partial charge in [0.2, 0.25) is 0 Å². The van der Waals surface area contributed by atoms with Gasteiger partial charge in [-0.25, -0.2) is 9.97 Å². The highest BCUT2D eigenvalue weighted by molar-refractivity contribution is 5.34. The van der Waals surface area contributed by atoms with Crippen molar-refractivity contribution in [3.05, 3.63) is 36.3 Å². The Balaban J connectivity index is 1.69. The van der Waals surface area contributed by atoms with E-state index < -0.39 is 0 Å². The molecule has 114 valence electrons. The number of hydrogen-bond donors (Lipinski definition) is 1. The summed E-state index contributed by atoms with van der Waals surface area (Å²) in [5.74, 6) is 1.87. The van der Waals surface area contributed by atoms with Crippen LogP contribution in [0.2, 0.25) is 0 Å². The Labute approximate surface area is 129 Å². The number of nitrogens with one attached hydrogen (secondary N) is 1. The van der Waals surface area contributed by atoms with E-state index in [4.69, 9.17) is 10.00 Å². The molecule has 7 heteroatoms. The van der Waals surface area contributed by atoms with Crippen molar-refractivity contribution < 1.29 is 4.74 Å². The van der Waals surface area contributed by atoms with E-state index in [0.29, 0.717) is 24.0 Å². The summed E-state index contributed by atoms with van der Waals surface area (Å²) < 4.78 is 7.94. The quantitative estimate of drug-likeness (QED) is 0.923. The number of anilines is 1. The van der Waals surface area contributed by atoms with E-state index in [-0.39, 0.29) is 6.10 Å². The monoisotopic (exact) mass is 298 g/mol. The second-order valence-corrected chi connectivity index (χ2v) is 5.37. The molecule has 0 aliphatic carbocycles. The molecule has 1 aliphatic rings. The van der Waals surface area contributed by atoms with Gasteiger partial charge in [-0.3, -0.25) is 4.98 Å². The fourth-order valence-electron chi connectivity index (χ4n) is 2.73. The van der Waals surface area contributed by atoms with Crippen LogP contribution in [0.25, 0.3) is 0 Å². The molecule has 0 unspecified atom stereocenters. The van der Waals surface area contributed by atoms with Crippen LogP contribution < -0.4 is 5.32 Å². The third-order valence-corrected chi connectivity index (χ3v) is 3.85. The maximum Gasteiger partial charge on any atom is 0.161 e. The van der Waals surface area contributed by atoms with Gasteiger partial charge in [0.15, 0.2) is 5.69 Å². The van der Waals surface area contributed by atoms with E-state index in [1.54, 1.807) is 12.4 Å². The molecule has 1 fully saturated rings. The van der Waals surface area contributed by atoms with Crippen molar-refractivity contribution in [3.8, 4) is 6.07 Å². The molecule has 1 N–H and O–H groups in total. The van der Waals surface area contributed by atoms with Crippen molar-refractivity contribution >= 4 is 5.82 Å². The molecule has 2 aromatic rings. The lowest BCUT2D eigenvalue weighted by atomic mass is 9.93. The molecule has 0 radical (unpaired) electrons. The van der Waals surface area contributed by atoms with Crippen molar-refractivity contribution in [1.82, 2.24) is 19.5 Å². The van der Waals surface area contributed by atoms with E-state index in [0.717, 1.165) is 25.3 Å². The van der Waals surface area contributed by atoms with Crippen LogP contribution in [0.5, 0.6) is 0 Å². The van der Waals surface area contributed by atoms with Crippen LogP contribution in [0.4, 0.5) is 5.82 Å². The van der Waals surface area contributed by atoms with Gasteiger partial charge in [0.1, 0.15) is 23.8 Å². The first kappa shape index (κ1) is 14.5. The van der Waals surface area contributed by atoms with E-state index >= 15 is 0 Å². The average Bonchev–Trinajstić information content (AvgIpc) is 2.99. The summed E-state index contributed by atoms with van der Waals surface area (Å²) in [5, 5.41) is 12.1. The number of aromatic nitrogens is 4. The number of ether oxygens (including phenoxy) is 1. The summed E-state index contributed by atoms with van der Waals surface area (Å²) >= 11 is 0. The van der Waals surface area contributed by atoms with Crippen LogP contribution in [0, 0.1) is 17.2 Å². The van der Waals surface area contributed by atoms with Gasteiger partial charge in [0.05, 0.1) is 12.4 Å². The highest BCUT2D eigenvalue weighted by atomic mass is 16.5. The van der Waals surface area contributed by atoms with Gasteiger partial charge < -0.3 is 14.6 Å². The molecule has 3 heterocycles. The zero-order valence-corrected chi connectivity index (χ0v) is 12.4. The van der Waals surface area contributed by atoms with Gasteiger partial charge in [-0.05, 0) is 12.8 Å². The van der Waals surface area contributed by atoms with E-state index in [9.17, 15) is 0 Å². The first-order chi connectivity index (χ1) is 10.8. The number of rotatable bonds is 4. The Morgan fingerprint density at radius 1 is 1.50 bits per heavy atom. The number of aryl methyl sites for hydroxylation is 1. The van der Waals surface area contributed by atoms with Crippen molar-refractivity contribution in [2.45, 2.75) is 18.9 Å².